The molecule has 0 amide bonds. The zero-order chi connectivity index (χ0) is 20.0. The number of rotatable bonds is 4. The van der Waals surface area contributed by atoms with E-state index in [0.717, 1.165) is 9.99 Å². The SMILES string of the molecule is CN(OC(=O)c1ccccc1)C1CN(c2nc3ncc(Br)cc3n3cnnc23)C1. The number of halogens is 1. The predicted octanol–water partition coefficient (Wildman–Crippen LogP) is 2.33. The van der Waals surface area contributed by atoms with Crippen LogP contribution in [-0.4, -0.2) is 61.8 Å². The third-order valence-electron chi connectivity index (χ3n) is 4.95. The Morgan fingerprint density at radius 1 is 1.28 bits per heavy atom. The number of hydroxylamine groups is 2. The van der Waals surface area contributed by atoms with Crippen molar-refractivity contribution < 1.29 is 9.63 Å². The van der Waals surface area contributed by atoms with Crippen molar-refractivity contribution in [2.24, 2.45) is 0 Å². The summed E-state index contributed by atoms with van der Waals surface area (Å²) in [5, 5.41) is 9.86. The monoisotopic (exact) mass is 453 g/mol. The van der Waals surface area contributed by atoms with E-state index < -0.39 is 0 Å². The molecular formula is C19H16BrN7O2. The quantitative estimate of drug-likeness (QED) is 0.435. The van der Waals surface area contributed by atoms with Gasteiger partial charge in [-0.3, -0.25) is 4.40 Å². The van der Waals surface area contributed by atoms with Crippen LogP contribution in [0.3, 0.4) is 0 Å². The molecule has 4 aromatic rings. The lowest BCUT2D eigenvalue weighted by atomic mass is 10.1. The number of carbonyl (C=O) groups is 1. The van der Waals surface area contributed by atoms with E-state index in [1.165, 1.54) is 0 Å². The van der Waals surface area contributed by atoms with Crippen molar-refractivity contribution in [3.05, 3.63) is 59.0 Å². The van der Waals surface area contributed by atoms with Crippen LogP contribution >= 0.6 is 15.9 Å². The van der Waals surface area contributed by atoms with Crippen molar-refractivity contribution in [1.29, 1.82) is 0 Å². The Bertz CT molecular complexity index is 1210. The van der Waals surface area contributed by atoms with E-state index in [2.05, 4.69) is 41.0 Å². The molecule has 1 saturated heterocycles. The molecule has 3 aromatic heterocycles. The van der Waals surface area contributed by atoms with Gasteiger partial charge in [0.15, 0.2) is 11.5 Å². The molecule has 0 radical (unpaired) electrons. The highest BCUT2D eigenvalue weighted by molar-refractivity contribution is 9.10. The van der Waals surface area contributed by atoms with Gasteiger partial charge in [0.1, 0.15) is 6.33 Å². The second kappa shape index (κ2) is 7.05. The van der Waals surface area contributed by atoms with Gasteiger partial charge in [0.05, 0.1) is 17.1 Å². The number of fused-ring (bicyclic) bond motifs is 3. The van der Waals surface area contributed by atoms with Crippen molar-refractivity contribution in [1.82, 2.24) is 29.6 Å². The zero-order valence-electron chi connectivity index (χ0n) is 15.4. The number of hydrogen-bond acceptors (Lipinski definition) is 8. The minimum atomic E-state index is -0.370. The van der Waals surface area contributed by atoms with E-state index in [0.29, 0.717) is 35.8 Å². The molecule has 0 N–H and O–H groups in total. The first-order chi connectivity index (χ1) is 14.1. The number of pyridine rings is 1. The first-order valence-electron chi connectivity index (χ1n) is 9.00. The predicted molar refractivity (Wildman–Crippen MR) is 109 cm³/mol. The topological polar surface area (TPSA) is 88.8 Å². The summed E-state index contributed by atoms with van der Waals surface area (Å²) in [5.74, 6) is 0.342. The van der Waals surface area contributed by atoms with Crippen LogP contribution in [0.25, 0.3) is 16.8 Å². The summed E-state index contributed by atoms with van der Waals surface area (Å²) in [6.45, 7) is 1.30. The van der Waals surface area contributed by atoms with Gasteiger partial charge in [0.25, 0.3) is 0 Å². The average molecular weight is 454 g/mol. The van der Waals surface area contributed by atoms with Gasteiger partial charge in [0, 0.05) is 30.8 Å². The van der Waals surface area contributed by atoms with Gasteiger partial charge in [-0.05, 0) is 34.1 Å². The summed E-state index contributed by atoms with van der Waals surface area (Å²) in [4.78, 5) is 28.9. The second-order valence-corrected chi connectivity index (χ2v) is 7.72. The molecule has 0 bridgehead atoms. The number of carbonyl (C=O) groups excluding carboxylic acids is 1. The van der Waals surface area contributed by atoms with Crippen LogP contribution in [-0.2, 0) is 4.84 Å². The summed E-state index contributed by atoms with van der Waals surface area (Å²) in [6.07, 6.45) is 3.37. The molecule has 0 unspecified atom stereocenters. The minimum absolute atomic E-state index is 0.0565. The van der Waals surface area contributed by atoms with E-state index >= 15 is 0 Å². The van der Waals surface area contributed by atoms with E-state index in [1.54, 1.807) is 36.8 Å². The minimum Gasteiger partial charge on any atom is -0.364 e. The van der Waals surface area contributed by atoms with E-state index in [9.17, 15) is 4.79 Å². The Morgan fingerprint density at radius 2 is 2.07 bits per heavy atom. The van der Waals surface area contributed by atoms with Crippen molar-refractivity contribution in [2.75, 3.05) is 25.0 Å². The maximum Gasteiger partial charge on any atom is 0.357 e. The maximum absolute atomic E-state index is 12.2. The molecule has 0 atom stereocenters. The Balaban J connectivity index is 1.34. The fourth-order valence-corrected chi connectivity index (χ4v) is 3.62. The van der Waals surface area contributed by atoms with Crippen LogP contribution in [0.5, 0.6) is 0 Å². The molecule has 9 nitrogen and oxygen atoms in total. The van der Waals surface area contributed by atoms with Crippen molar-refractivity contribution in [2.45, 2.75) is 6.04 Å². The molecule has 146 valence electrons. The summed E-state index contributed by atoms with van der Waals surface area (Å²) < 4.78 is 2.74. The van der Waals surface area contributed by atoms with E-state index in [4.69, 9.17) is 4.84 Å². The number of aromatic nitrogens is 5. The molecule has 4 heterocycles. The molecule has 29 heavy (non-hydrogen) atoms. The molecule has 1 fully saturated rings. The lowest BCUT2D eigenvalue weighted by Gasteiger charge is -2.43. The van der Waals surface area contributed by atoms with Gasteiger partial charge >= 0.3 is 5.97 Å². The highest BCUT2D eigenvalue weighted by Gasteiger charge is 2.35. The average Bonchev–Trinajstić information content (AvgIpc) is 3.18. The van der Waals surface area contributed by atoms with Gasteiger partial charge < -0.3 is 9.74 Å². The van der Waals surface area contributed by atoms with Gasteiger partial charge in [-0.15, -0.1) is 15.3 Å². The summed E-state index contributed by atoms with van der Waals surface area (Å²) in [6, 6.07) is 10.9. The molecule has 0 aliphatic carbocycles. The van der Waals surface area contributed by atoms with Crippen molar-refractivity contribution in [3.63, 3.8) is 0 Å². The lowest BCUT2D eigenvalue weighted by Crippen LogP contribution is -2.59. The Morgan fingerprint density at radius 3 is 2.86 bits per heavy atom. The Kier molecular flexibility index (Phi) is 4.36. The molecule has 1 aliphatic heterocycles. The van der Waals surface area contributed by atoms with Crippen LogP contribution in [0, 0.1) is 0 Å². The smallest absolute Gasteiger partial charge is 0.357 e. The molecule has 1 aromatic carbocycles. The first-order valence-corrected chi connectivity index (χ1v) is 9.79. The van der Waals surface area contributed by atoms with Crippen LogP contribution in [0.4, 0.5) is 5.82 Å². The second-order valence-electron chi connectivity index (χ2n) is 6.81. The van der Waals surface area contributed by atoms with E-state index in [-0.39, 0.29) is 12.0 Å². The number of hydrogen-bond donors (Lipinski definition) is 0. The molecule has 0 spiro atoms. The fraction of sp³-hybridized carbons (Fsp3) is 0.211. The highest BCUT2D eigenvalue weighted by atomic mass is 79.9. The van der Waals surface area contributed by atoms with E-state index in [1.807, 2.05) is 28.7 Å². The lowest BCUT2D eigenvalue weighted by molar-refractivity contribution is -0.124. The number of likely N-dealkylation sites (N-methyl/N-ethyl adjacent to an activating group) is 1. The third kappa shape index (κ3) is 3.19. The van der Waals surface area contributed by atoms with Crippen LogP contribution in [0.2, 0.25) is 0 Å². The normalized spacial score (nSPS) is 14.5. The largest absolute Gasteiger partial charge is 0.364 e. The van der Waals surface area contributed by atoms with Crippen LogP contribution in [0.1, 0.15) is 10.4 Å². The zero-order valence-corrected chi connectivity index (χ0v) is 17.0. The van der Waals surface area contributed by atoms with Crippen molar-refractivity contribution in [3.8, 4) is 0 Å². The summed E-state index contributed by atoms with van der Waals surface area (Å²) >= 11 is 3.44. The Hall–Kier alpha value is -3.11. The highest BCUT2D eigenvalue weighted by Crippen LogP contribution is 2.28. The molecule has 5 rings (SSSR count). The molecular weight excluding hydrogens is 438 g/mol. The molecule has 10 heteroatoms. The van der Waals surface area contributed by atoms with Gasteiger partial charge in [0.2, 0.25) is 5.65 Å². The van der Waals surface area contributed by atoms with Crippen LogP contribution in [0.15, 0.2) is 53.4 Å². The van der Waals surface area contributed by atoms with Gasteiger partial charge in [-0.1, -0.05) is 18.2 Å². The summed E-state index contributed by atoms with van der Waals surface area (Å²) in [7, 11) is 1.77. The Labute approximate surface area is 174 Å². The molecule has 1 aliphatic rings. The molecule has 0 saturated carbocycles. The van der Waals surface area contributed by atoms with Gasteiger partial charge in [-0.2, -0.15) is 0 Å². The van der Waals surface area contributed by atoms with Crippen LogP contribution < -0.4 is 4.90 Å². The number of benzene rings is 1. The number of nitrogens with zero attached hydrogens (tertiary/aromatic N) is 7. The fourth-order valence-electron chi connectivity index (χ4n) is 3.30. The van der Waals surface area contributed by atoms with Crippen molar-refractivity contribution >= 4 is 44.5 Å². The standard InChI is InChI=1S/C19H16BrN7O2/c1-25(29-19(28)12-5-3-2-4-6-12)14-9-26(10-14)17-18-24-22-11-27(18)15-7-13(20)8-21-16(15)23-17/h2-8,11,14H,9-10H2,1H3. The number of anilines is 1. The first kappa shape index (κ1) is 18.0. The maximum atomic E-state index is 12.2. The third-order valence-corrected chi connectivity index (χ3v) is 5.38. The van der Waals surface area contributed by atoms with Gasteiger partial charge in [-0.25, -0.2) is 14.8 Å². The summed E-state index contributed by atoms with van der Waals surface area (Å²) in [5.41, 5.74) is 2.63.